The molecule has 2 N–H and O–H groups in total. The highest BCUT2D eigenvalue weighted by molar-refractivity contribution is 5.79. The Morgan fingerprint density at radius 3 is 2.67 bits per heavy atom. The standard InChI is InChI=1S/C17H20N2O2/c1-12(2)17(15-8-3-4-9-18-15)19-16(21)11-13-6-5-7-14(20)10-13/h3-10,12,17,20H,11H2,1-2H3,(H,19,21). The van der Waals surface area contributed by atoms with Gasteiger partial charge in [0.05, 0.1) is 18.2 Å². The molecule has 1 heterocycles. The van der Waals surface area contributed by atoms with Gasteiger partial charge in [0.25, 0.3) is 0 Å². The largest absolute Gasteiger partial charge is 0.508 e. The number of carbonyl (C=O) groups excluding carboxylic acids is 1. The van der Waals surface area contributed by atoms with Gasteiger partial charge < -0.3 is 10.4 Å². The van der Waals surface area contributed by atoms with E-state index in [-0.39, 0.29) is 30.0 Å². The number of benzene rings is 1. The summed E-state index contributed by atoms with van der Waals surface area (Å²) in [5.41, 5.74) is 1.65. The fourth-order valence-electron chi connectivity index (χ4n) is 2.22. The van der Waals surface area contributed by atoms with E-state index in [0.29, 0.717) is 0 Å². The SMILES string of the molecule is CC(C)C(NC(=O)Cc1cccc(O)c1)c1ccccn1. The van der Waals surface area contributed by atoms with E-state index < -0.39 is 0 Å². The Kier molecular flexibility index (Phi) is 4.93. The molecule has 0 aliphatic rings. The van der Waals surface area contributed by atoms with Crippen LogP contribution in [0.3, 0.4) is 0 Å². The molecule has 1 amide bonds. The van der Waals surface area contributed by atoms with Gasteiger partial charge in [0, 0.05) is 6.20 Å². The predicted octanol–water partition coefficient (Wildman–Crippen LogP) is 2.84. The van der Waals surface area contributed by atoms with Crippen LogP contribution in [0.1, 0.15) is 31.1 Å². The lowest BCUT2D eigenvalue weighted by Crippen LogP contribution is -2.33. The molecule has 0 bridgehead atoms. The van der Waals surface area contributed by atoms with Crippen LogP contribution in [0.25, 0.3) is 0 Å². The number of phenols is 1. The zero-order valence-electron chi connectivity index (χ0n) is 12.3. The van der Waals surface area contributed by atoms with Crippen LogP contribution in [-0.4, -0.2) is 16.0 Å². The van der Waals surface area contributed by atoms with E-state index in [0.717, 1.165) is 11.3 Å². The van der Waals surface area contributed by atoms with Gasteiger partial charge in [0.2, 0.25) is 5.91 Å². The molecule has 0 saturated carbocycles. The van der Waals surface area contributed by atoms with E-state index in [1.165, 1.54) is 0 Å². The molecule has 1 aromatic carbocycles. The van der Waals surface area contributed by atoms with Gasteiger partial charge >= 0.3 is 0 Å². The number of hydrogen-bond donors (Lipinski definition) is 2. The highest BCUT2D eigenvalue weighted by Gasteiger charge is 2.19. The molecule has 4 heteroatoms. The summed E-state index contributed by atoms with van der Waals surface area (Å²) in [4.78, 5) is 16.5. The topological polar surface area (TPSA) is 62.2 Å². The second kappa shape index (κ2) is 6.88. The van der Waals surface area contributed by atoms with E-state index in [1.54, 1.807) is 24.4 Å². The second-order valence-electron chi connectivity index (χ2n) is 5.39. The first-order valence-corrected chi connectivity index (χ1v) is 7.04. The van der Waals surface area contributed by atoms with Gasteiger partial charge in [-0.15, -0.1) is 0 Å². The summed E-state index contributed by atoms with van der Waals surface area (Å²) in [6.45, 7) is 4.10. The first kappa shape index (κ1) is 15.0. The van der Waals surface area contributed by atoms with Crippen LogP contribution in [0.2, 0.25) is 0 Å². The smallest absolute Gasteiger partial charge is 0.224 e. The molecular weight excluding hydrogens is 264 g/mol. The minimum absolute atomic E-state index is 0.0787. The number of phenolic OH excluding ortho intramolecular Hbond substituents is 1. The molecule has 4 nitrogen and oxygen atoms in total. The second-order valence-corrected chi connectivity index (χ2v) is 5.39. The van der Waals surface area contributed by atoms with E-state index in [1.807, 2.05) is 38.1 Å². The molecule has 0 aliphatic carbocycles. The van der Waals surface area contributed by atoms with Gasteiger partial charge in [-0.3, -0.25) is 9.78 Å². The molecule has 1 aromatic heterocycles. The maximum absolute atomic E-state index is 12.2. The molecular formula is C17H20N2O2. The Morgan fingerprint density at radius 2 is 2.05 bits per heavy atom. The van der Waals surface area contributed by atoms with E-state index in [9.17, 15) is 9.90 Å². The van der Waals surface area contributed by atoms with Crippen molar-refractivity contribution in [1.82, 2.24) is 10.3 Å². The molecule has 0 fully saturated rings. The van der Waals surface area contributed by atoms with E-state index in [4.69, 9.17) is 0 Å². The Labute approximate surface area is 124 Å². The summed E-state index contributed by atoms with van der Waals surface area (Å²) in [7, 11) is 0. The van der Waals surface area contributed by atoms with E-state index in [2.05, 4.69) is 10.3 Å². The average molecular weight is 284 g/mol. The van der Waals surface area contributed by atoms with Gasteiger partial charge in [-0.05, 0) is 35.7 Å². The van der Waals surface area contributed by atoms with Crippen LogP contribution in [-0.2, 0) is 11.2 Å². The number of nitrogens with one attached hydrogen (secondary N) is 1. The van der Waals surface area contributed by atoms with Crippen LogP contribution < -0.4 is 5.32 Å². The number of nitrogens with zero attached hydrogens (tertiary/aromatic N) is 1. The number of pyridine rings is 1. The fraction of sp³-hybridized carbons (Fsp3) is 0.294. The molecule has 0 saturated heterocycles. The van der Waals surface area contributed by atoms with Gasteiger partial charge in [0.1, 0.15) is 5.75 Å². The minimum atomic E-state index is -0.115. The van der Waals surface area contributed by atoms with E-state index >= 15 is 0 Å². The monoisotopic (exact) mass is 284 g/mol. The van der Waals surface area contributed by atoms with Crippen molar-refractivity contribution in [3.63, 3.8) is 0 Å². The predicted molar refractivity (Wildman–Crippen MR) is 81.8 cm³/mol. The summed E-state index contributed by atoms with van der Waals surface area (Å²) >= 11 is 0. The molecule has 0 spiro atoms. The highest BCUT2D eigenvalue weighted by atomic mass is 16.3. The van der Waals surface area contributed by atoms with Crippen molar-refractivity contribution in [1.29, 1.82) is 0 Å². The van der Waals surface area contributed by atoms with Gasteiger partial charge in [-0.2, -0.15) is 0 Å². The number of rotatable bonds is 5. The molecule has 1 atom stereocenters. The average Bonchev–Trinajstić information content (AvgIpc) is 2.45. The van der Waals surface area contributed by atoms with Crippen molar-refractivity contribution in [3.05, 3.63) is 59.9 Å². The molecule has 21 heavy (non-hydrogen) atoms. The third kappa shape index (κ3) is 4.31. The van der Waals surface area contributed by atoms with Crippen LogP contribution >= 0.6 is 0 Å². The van der Waals surface area contributed by atoms with Gasteiger partial charge in [0.15, 0.2) is 0 Å². The molecule has 0 aliphatic heterocycles. The number of hydrogen-bond acceptors (Lipinski definition) is 3. The minimum Gasteiger partial charge on any atom is -0.508 e. The van der Waals surface area contributed by atoms with Crippen molar-refractivity contribution >= 4 is 5.91 Å². The summed E-state index contributed by atoms with van der Waals surface area (Å²) in [5.74, 6) is 0.336. The van der Waals surface area contributed by atoms with Gasteiger partial charge in [-0.25, -0.2) is 0 Å². The maximum Gasteiger partial charge on any atom is 0.224 e. The number of aromatic nitrogens is 1. The lowest BCUT2D eigenvalue weighted by molar-refractivity contribution is -0.121. The third-order valence-electron chi connectivity index (χ3n) is 3.26. The van der Waals surface area contributed by atoms with Crippen LogP contribution in [0.4, 0.5) is 0 Å². The molecule has 0 radical (unpaired) electrons. The van der Waals surface area contributed by atoms with Crippen LogP contribution in [0.15, 0.2) is 48.7 Å². The maximum atomic E-state index is 12.2. The first-order valence-electron chi connectivity index (χ1n) is 7.04. The summed E-state index contributed by atoms with van der Waals surface area (Å²) in [6, 6.07) is 12.3. The van der Waals surface area contributed by atoms with Crippen molar-refractivity contribution in [2.24, 2.45) is 5.92 Å². The zero-order valence-corrected chi connectivity index (χ0v) is 12.3. The Morgan fingerprint density at radius 1 is 1.24 bits per heavy atom. The number of carbonyl (C=O) groups is 1. The third-order valence-corrected chi connectivity index (χ3v) is 3.26. The Balaban J connectivity index is 2.05. The van der Waals surface area contributed by atoms with Gasteiger partial charge in [-0.1, -0.05) is 32.0 Å². The number of aromatic hydroxyl groups is 1. The lowest BCUT2D eigenvalue weighted by Gasteiger charge is -2.22. The molecule has 1 unspecified atom stereocenters. The van der Waals surface area contributed by atoms with Crippen LogP contribution in [0, 0.1) is 5.92 Å². The first-order chi connectivity index (χ1) is 10.1. The van der Waals surface area contributed by atoms with Crippen LogP contribution in [0.5, 0.6) is 5.75 Å². The van der Waals surface area contributed by atoms with Crippen molar-refractivity contribution in [3.8, 4) is 5.75 Å². The summed E-state index contributed by atoms with van der Waals surface area (Å²) in [6.07, 6.45) is 1.97. The van der Waals surface area contributed by atoms with Crippen molar-refractivity contribution in [2.45, 2.75) is 26.3 Å². The molecule has 2 aromatic rings. The highest BCUT2D eigenvalue weighted by Crippen LogP contribution is 2.20. The normalized spacial score (nSPS) is 12.1. The fourth-order valence-corrected chi connectivity index (χ4v) is 2.22. The number of amides is 1. The summed E-state index contributed by atoms with van der Waals surface area (Å²) < 4.78 is 0. The van der Waals surface area contributed by atoms with Crippen molar-refractivity contribution in [2.75, 3.05) is 0 Å². The lowest BCUT2D eigenvalue weighted by atomic mass is 9.99. The molecule has 2 rings (SSSR count). The molecule has 110 valence electrons. The van der Waals surface area contributed by atoms with Crippen molar-refractivity contribution < 1.29 is 9.90 Å². The zero-order chi connectivity index (χ0) is 15.2. The Hall–Kier alpha value is -2.36. The summed E-state index contributed by atoms with van der Waals surface area (Å²) in [5, 5.41) is 12.4. The quantitative estimate of drug-likeness (QED) is 0.887. The Bertz CT molecular complexity index is 597.